The molecule has 0 radical (unpaired) electrons. The Morgan fingerprint density at radius 1 is 1.60 bits per heavy atom. The molecule has 0 saturated carbocycles. The van der Waals surface area contributed by atoms with Gasteiger partial charge < -0.3 is 0 Å². The highest BCUT2D eigenvalue weighted by atomic mass is 19.1. The third kappa shape index (κ3) is 3.17. The molecule has 0 N–H and O–H groups in total. The number of aliphatic imine (C=N–C) groups is 1. The molecule has 0 aromatic heterocycles. The van der Waals surface area contributed by atoms with Gasteiger partial charge in [-0.3, -0.25) is 0 Å². The van der Waals surface area contributed by atoms with Crippen LogP contribution in [0.5, 0.6) is 0 Å². The Morgan fingerprint density at radius 3 is 2.20 bits per heavy atom. The van der Waals surface area contributed by atoms with Crippen LogP contribution in [0.3, 0.4) is 0 Å². The molecule has 0 aliphatic rings. The molecule has 0 heterocycles. The molecule has 0 fully saturated rings. The Hall–Kier alpha value is -0.920. The average Bonchev–Trinajstić information content (AvgIpc) is 1.81. The first kappa shape index (κ1) is 9.08. The minimum Gasteiger partial charge on any atom is -0.225 e. The monoisotopic (exact) mass is 141 g/mol. The maximum absolute atomic E-state index is 12.1. The van der Waals surface area contributed by atoms with Gasteiger partial charge in [0.25, 0.3) is 0 Å². The smallest absolute Gasteiger partial charge is 0.205 e. The van der Waals surface area contributed by atoms with Gasteiger partial charge in [0, 0.05) is 5.71 Å². The zero-order valence-corrected chi connectivity index (χ0v) is 6.39. The van der Waals surface area contributed by atoms with Crippen molar-refractivity contribution in [3.05, 3.63) is 25.2 Å². The molecule has 0 spiro atoms. The van der Waals surface area contributed by atoms with E-state index in [9.17, 15) is 4.39 Å². The van der Waals surface area contributed by atoms with Crippen molar-refractivity contribution < 1.29 is 4.39 Å². The van der Waals surface area contributed by atoms with E-state index in [1.165, 1.54) is 6.08 Å². The molecule has 0 rings (SSSR count). The summed E-state index contributed by atoms with van der Waals surface area (Å²) < 4.78 is 12.1. The van der Waals surface area contributed by atoms with Crippen LogP contribution >= 0.6 is 0 Å². The van der Waals surface area contributed by atoms with Gasteiger partial charge in [0.1, 0.15) is 0 Å². The van der Waals surface area contributed by atoms with Gasteiger partial charge in [-0.1, -0.05) is 20.4 Å². The van der Waals surface area contributed by atoms with E-state index in [1.54, 1.807) is 0 Å². The number of nitrogens with zero attached hydrogens (tertiary/aromatic N) is 1. The minimum absolute atomic E-state index is 0.199. The van der Waals surface area contributed by atoms with E-state index >= 15 is 0 Å². The van der Waals surface area contributed by atoms with E-state index in [4.69, 9.17) is 0 Å². The molecule has 0 unspecified atom stereocenters. The fourth-order valence-electron chi connectivity index (χ4n) is 0.551. The van der Waals surface area contributed by atoms with Gasteiger partial charge in [0.2, 0.25) is 5.95 Å². The van der Waals surface area contributed by atoms with Gasteiger partial charge in [-0.25, -0.2) is 4.99 Å². The Bertz CT molecular complexity index is 168. The average molecular weight is 141 g/mol. The van der Waals surface area contributed by atoms with Crippen molar-refractivity contribution in [1.82, 2.24) is 0 Å². The second kappa shape index (κ2) is 3.99. The lowest BCUT2D eigenvalue weighted by Crippen LogP contribution is -2.02. The molecule has 0 saturated heterocycles. The molecular weight excluding hydrogens is 129 g/mol. The summed E-state index contributed by atoms with van der Waals surface area (Å²) in [6.07, 6.45) is 1.54. The van der Waals surface area contributed by atoms with Crippen LogP contribution in [0.15, 0.2) is 30.2 Å². The van der Waals surface area contributed by atoms with Crippen LogP contribution in [0.1, 0.15) is 13.8 Å². The lowest BCUT2D eigenvalue weighted by atomic mass is 10.1. The summed E-state index contributed by atoms with van der Waals surface area (Å²) in [7, 11) is 0. The van der Waals surface area contributed by atoms with Gasteiger partial charge in [-0.2, -0.15) is 4.39 Å². The minimum atomic E-state index is -0.663. The van der Waals surface area contributed by atoms with Crippen molar-refractivity contribution in [1.29, 1.82) is 0 Å². The summed E-state index contributed by atoms with van der Waals surface area (Å²) in [6, 6.07) is 0. The molecule has 0 aliphatic heterocycles. The second-order valence-corrected chi connectivity index (χ2v) is 2.27. The molecule has 56 valence electrons. The Labute approximate surface area is 61.0 Å². The summed E-state index contributed by atoms with van der Waals surface area (Å²) in [5, 5.41) is 0. The quantitative estimate of drug-likeness (QED) is 0.423. The topological polar surface area (TPSA) is 12.4 Å². The van der Waals surface area contributed by atoms with Crippen LogP contribution in [0.25, 0.3) is 0 Å². The van der Waals surface area contributed by atoms with Crippen LogP contribution in [0.2, 0.25) is 0 Å². The van der Waals surface area contributed by atoms with E-state index in [0.717, 1.165) is 0 Å². The molecule has 0 aromatic carbocycles. The molecule has 0 amide bonds. The summed E-state index contributed by atoms with van der Waals surface area (Å²) in [4.78, 5) is 3.53. The number of rotatable bonds is 3. The first-order valence-electron chi connectivity index (χ1n) is 3.13. The first-order valence-corrected chi connectivity index (χ1v) is 3.13. The zero-order valence-electron chi connectivity index (χ0n) is 6.39. The van der Waals surface area contributed by atoms with Crippen molar-refractivity contribution in [3.63, 3.8) is 0 Å². The first-order chi connectivity index (χ1) is 4.57. The van der Waals surface area contributed by atoms with E-state index in [2.05, 4.69) is 18.2 Å². The highest BCUT2D eigenvalue weighted by Crippen LogP contribution is 2.02. The Morgan fingerprint density at radius 2 is 2.10 bits per heavy atom. The maximum Gasteiger partial charge on any atom is 0.205 e. The van der Waals surface area contributed by atoms with Crippen LogP contribution in [-0.2, 0) is 0 Å². The fourth-order valence-corrected chi connectivity index (χ4v) is 0.551. The zero-order chi connectivity index (χ0) is 8.15. The summed E-state index contributed by atoms with van der Waals surface area (Å²) in [5.74, 6) is -0.464. The largest absolute Gasteiger partial charge is 0.225 e. The molecule has 0 bridgehead atoms. The van der Waals surface area contributed by atoms with E-state index < -0.39 is 5.95 Å². The van der Waals surface area contributed by atoms with Crippen LogP contribution in [0.4, 0.5) is 4.39 Å². The predicted molar refractivity (Wildman–Crippen MR) is 42.7 cm³/mol. The lowest BCUT2D eigenvalue weighted by Gasteiger charge is -2.01. The molecule has 2 heteroatoms. The second-order valence-electron chi connectivity index (χ2n) is 2.27. The number of hydrogen-bond donors (Lipinski definition) is 0. The number of hydrogen-bond acceptors (Lipinski definition) is 1. The Balaban J connectivity index is 4.33. The molecular formula is C8H12FN. The number of allylic oxidation sites excluding steroid dienone is 1. The summed E-state index contributed by atoms with van der Waals surface area (Å²) in [6.45, 7) is 10.4. The van der Waals surface area contributed by atoms with Gasteiger partial charge in [0.15, 0.2) is 0 Å². The van der Waals surface area contributed by atoms with Crippen LogP contribution in [0, 0.1) is 5.92 Å². The fraction of sp³-hybridized carbons (Fsp3) is 0.375. The van der Waals surface area contributed by atoms with Gasteiger partial charge in [0.05, 0.1) is 0 Å². The summed E-state index contributed by atoms with van der Waals surface area (Å²) in [5.41, 5.74) is 0.632. The van der Waals surface area contributed by atoms with Crippen molar-refractivity contribution >= 4 is 5.71 Å². The predicted octanol–water partition coefficient (Wildman–Crippen LogP) is 2.71. The van der Waals surface area contributed by atoms with Crippen molar-refractivity contribution in [3.8, 4) is 0 Å². The van der Waals surface area contributed by atoms with Gasteiger partial charge in [-0.15, -0.1) is 0 Å². The standard InChI is InChI=1S/C8H12FN/c1-5-8(6(2)3)10-7(4)9/h5-6H,1,4H2,2-3H3/b10-8+. The SMILES string of the molecule is C=C/C(=N\C(=C)F)C(C)C. The van der Waals surface area contributed by atoms with Crippen molar-refractivity contribution in [2.45, 2.75) is 13.8 Å². The van der Waals surface area contributed by atoms with Crippen LogP contribution < -0.4 is 0 Å². The molecule has 1 nitrogen and oxygen atoms in total. The molecule has 0 aromatic rings. The lowest BCUT2D eigenvalue weighted by molar-refractivity contribution is 0.630. The maximum atomic E-state index is 12.1. The van der Waals surface area contributed by atoms with Crippen LogP contribution in [-0.4, -0.2) is 5.71 Å². The third-order valence-electron chi connectivity index (χ3n) is 1.05. The van der Waals surface area contributed by atoms with Crippen molar-refractivity contribution in [2.75, 3.05) is 0 Å². The normalized spacial score (nSPS) is 11.8. The highest BCUT2D eigenvalue weighted by molar-refractivity contribution is 5.96. The molecule has 0 aliphatic carbocycles. The van der Waals surface area contributed by atoms with E-state index in [0.29, 0.717) is 5.71 Å². The number of halogens is 1. The summed E-state index contributed by atoms with van der Waals surface area (Å²) >= 11 is 0. The van der Waals surface area contributed by atoms with Crippen molar-refractivity contribution in [2.24, 2.45) is 10.9 Å². The van der Waals surface area contributed by atoms with Gasteiger partial charge in [-0.05, 0) is 18.6 Å². The highest BCUT2D eigenvalue weighted by Gasteiger charge is 1.99. The molecule has 0 atom stereocenters. The van der Waals surface area contributed by atoms with E-state index in [-0.39, 0.29) is 5.92 Å². The Kier molecular flexibility index (Phi) is 3.62. The molecule has 10 heavy (non-hydrogen) atoms. The third-order valence-corrected chi connectivity index (χ3v) is 1.05. The van der Waals surface area contributed by atoms with E-state index in [1.807, 2.05) is 13.8 Å². The van der Waals surface area contributed by atoms with Gasteiger partial charge >= 0.3 is 0 Å².